The number of anilines is 1. The van der Waals surface area contributed by atoms with Crippen molar-refractivity contribution in [1.29, 1.82) is 0 Å². The number of rotatable bonds is 6. The minimum absolute atomic E-state index is 0.00677. The molecule has 0 bridgehead atoms. The van der Waals surface area contributed by atoms with Gasteiger partial charge in [-0.1, -0.05) is 20.8 Å². The number of hydrogen-bond acceptors (Lipinski definition) is 6. The summed E-state index contributed by atoms with van der Waals surface area (Å²) in [4.78, 5) is 20.3. The van der Waals surface area contributed by atoms with E-state index < -0.39 is 23.2 Å². The Morgan fingerprint density at radius 3 is 2.31 bits per heavy atom. The van der Waals surface area contributed by atoms with E-state index in [9.17, 15) is 23.1 Å². The number of halogens is 3. The van der Waals surface area contributed by atoms with Crippen molar-refractivity contribution in [2.45, 2.75) is 46.4 Å². The zero-order chi connectivity index (χ0) is 22.0. The normalized spacial score (nSPS) is 12.7. The first-order valence-electron chi connectivity index (χ1n) is 8.94. The molecule has 6 nitrogen and oxygen atoms in total. The van der Waals surface area contributed by atoms with E-state index in [0.717, 1.165) is 23.6 Å². The molecule has 29 heavy (non-hydrogen) atoms. The largest absolute Gasteiger partial charge is 0.417 e. The van der Waals surface area contributed by atoms with Gasteiger partial charge in [0.1, 0.15) is 5.82 Å². The summed E-state index contributed by atoms with van der Waals surface area (Å²) >= 11 is 0.833. The van der Waals surface area contributed by atoms with Gasteiger partial charge in [0.05, 0.1) is 16.0 Å². The Labute approximate surface area is 171 Å². The maximum atomic E-state index is 13.6. The van der Waals surface area contributed by atoms with E-state index >= 15 is 0 Å². The van der Waals surface area contributed by atoms with Crippen molar-refractivity contribution in [3.05, 3.63) is 29.0 Å². The molecule has 0 saturated carbocycles. The van der Waals surface area contributed by atoms with Gasteiger partial charge in [0.25, 0.3) is 5.91 Å². The fraction of sp³-hybridized carbons (Fsp3) is 0.526. The number of amides is 1. The summed E-state index contributed by atoms with van der Waals surface area (Å²) in [6, 6.07) is 0.967. The van der Waals surface area contributed by atoms with Crippen LogP contribution in [0, 0.1) is 5.41 Å². The lowest BCUT2D eigenvalue weighted by molar-refractivity contribution is -0.137. The monoisotopic (exact) mass is 430 g/mol. The van der Waals surface area contributed by atoms with Crippen LogP contribution in [0.25, 0.3) is 10.4 Å². The molecule has 0 saturated heterocycles. The molecular weight excluding hydrogens is 405 g/mol. The smallest absolute Gasteiger partial charge is 0.389 e. The topological polar surface area (TPSA) is 87.1 Å². The van der Waals surface area contributed by atoms with Gasteiger partial charge in [0.15, 0.2) is 5.01 Å². The minimum Gasteiger partial charge on any atom is -0.389 e. The van der Waals surface area contributed by atoms with Gasteiger partial charge in [-0.15, -0.1) is 11.3 Å². The Bertz CT molecular complexity index is 868. The fourth-order valence-electron chi connectivity index (χ4n) is 2.21. The predicted octanol–water partition coefficient (Wildman–Crippen LogP) is 4.18. The van der Waals surface area contributed by atoms with E-state index in [-0.39, 0.29) is 33.2 Å². The molecule has 1 amide bonds. The van der Waals surface area contributed by atoms with Crippen LogP contribution in [0.15, 0.2) is 18.5 Å². The van der Waals surface area contributed by atoms with Crippen molar-refractivity contribution in [2.24, 2.45) is 5.41 Å². The number of thiazole rings is 1. The molecule has 0 aliphatic rings. The molecule has 2 rings (SSSR count). The van der Waals surface area contributed by atoms with Crippen LogP contribution in [-0.2, 0) is 6.18 Å². The summed E-state index contributed by atoms with van der Waals surface area (Å²) in [6.07, 6.45) is -2.23. The molecule has 3 N–H and O–H groups in total. The molecule has 2 aromatic rings. The molecule has 2 heterocycles. The molecule has 0 spiro atoms. The molecule has 2 aromatic heterocycles. The fourth-order valence-corrected chi connectivity index (χ4v) is 3.07. The highest BCUT2D eigenvalue weighted by atomic mass is 32.1. The Hall–Kier alpha value is -2.20. The number of nitrogens with one attached hydrogen (secondary N) is 2. The van der Waals surface area contributed by atoms with Crippen LogP contribution in [0.1, 0.15) is 50.0 Å². The lowest BCUT2D eigenvalue weighted by Gasteiger charge is -2.20. The SMILES string of the molecule is CC(C)(C)CNc1cc(C(F)(F)F)c(-c2cnc(C(=O)NCC(C)(C)O)s2)cn1. The quantitative estimate of drug-likeness (QED) is 0.640. The molecule has 0 aliphatic heterocycles. The van der Waals surface area contributed by atoms with E-state index in [2.05, 4.69) is 20.6 Å². The van der Waals surface area contributed by atoms with Crippen LogP contribution < -0.4 is 10.6 Å². The lowest BCUT2D eigenvalue weighted by Crippen LogP contribution is -2.38. The summed E-state index contributed by atoms with van der Waals surface area (Å²) in [5.41, 5.74) is -2.23. The number of aromatic nitrogens is 2. The van der Waals surface area contributed by atoms with E-state index in [1.54, 1.807) is 0 Å². The maximum absolute atomic E-state index is 13.6. The standard InChI is InChI=1S/C19H25F3N4O2S/c1-17(2,3)9-25-14-6-12(19(20,21)22)11(7-23-14)13-8-24-16(29-13)15(27)26-10-18(4,5)28/h6-8,28H,9-10H2,1-5H3,(H,23,25)(H,26,27). The number of hydrogen-bond donors (Lipinski definition) is 3. The second kappa shape index (κ2) is 8.27. The summed E-state index contributed by atoms with van der Waals surface area (Å²) in [7, 11) is 0. The molecule has 0 unspecified atom stereocenters. The second-order valence-corrected chi connectivity index (χ2v) is 9.58. The van der Waals surface area contributed by atoms with Gasteiger partial charge in [0.2, 0.25) is 0 Å². The second-order valence-electron chi connectivity index (χ2n) is 8.55. The summed E-state index contributed by atoms with van der Waals surface area (Å²) < 4.78 is 40.9. The van der Waals surface area contributed by atoms with E-state index in [1.165, 1.54) is 20.0 Å². The average molecular weight is 430 g/mol. The average Bonchev–Trinajstić information content (AvgIpc) is 3.05. The van der Waals surface area contributed by atoms with Crippen LogP contribution >= 0.6 is 11.3 Å². The minimum atomic E-state index is -4.59. The van der Waals surface area contributed by atoms with E-state index in [4.69, 9.17) is 0 Å². The van der Waals surface area contributed by atoms with Crippen molar-refractivity contribution in [3.63, 3.8) is 0 Å². The van der Waals surface area contributed by atoms with Gasteiger partial charge in [-0.2, -0.15) is 13.2 Å². The summed E-state index contributed by atoms with van der Waals surface area (Å²) in [5, 5.41) is 15.1. The van der Waals surface area contributed by atoms with Gasteiger partial charge in [-0.3, -0.25) is 4.79 Å². The van der Waals surface area contributed by atoms with Crippen molar-refractivity contribution < 1.29 is 23.1 Å². The highest BCUT2D eigenvalue weighted by Crippen LogP contribution is 2.39. The Kier molecular flexibility index (Phi) is 6.58. The molecular formula is C19H25F3N4O2S. The molecule has 0 atom stereocenters. The highest BCUT2D eigenvalue weighted by molar-refractivity contribution is 7.17. The first kappa shape index (κ1) is 23.1. The van der Waals surface area contributed by atoms with Crippen molar-refractivity contribution >= 4 is 23.1 Å². The number of carbonyl (C=O) groups excluding carboxylic acids is 1. The maximum Gasteiger partial charge on any atom is 0.417 e. The van der Waals surface area contributed by atoms with Gasteiger partial charge < -0.3 is 15.7 Å². The van der Waals surface area contributed by atoms with Gasteiger partial charge in [0, 0.05) is 31.0 Å². The van der Waals surface area contributed by atoms with Crippen LogP contribution in [-0.4, -0.2) is 39.7 Å². The van der Waals surface area contributed by atoms with E-state index in [0.29, 0.717) is 6.54 Å². The molecule has 0 aromatic carbocycles. The van der Waals surface area contributed by atoms with Crippen molar-refractivity contribution in [2.75, 3.05) is 18.4 Å². The third-order valence-electron chi connectivity index (χ3n) is 3.66. The first-order chi connectivity index (χ1) is 13.2. The van der Waals surface area contributed by atoms with E-state index in [1.807, 2.05) is 20.8 Å². The van der Waals surface area contributed by atoms with Gasteiger partial charge >= 0.3 is 6.18 Å². The summed E-state index contributed by atoms with van der Waals surface area (Å²) in [6.45, 7) is 9.38. The number of pyridine rings is 1. The van der Waals surface area contributed by atoms with Crippen LogP contribution in [0.4, 0.5) is 19.0 Å². The highest BCUT2D eigenvalue weighted by Gasteiger charge is 2.35. The van der Waals surface area contributed by atoms with Crippen molar-refractivity contribution in [3.8, 4) is 10.4 Å². The number of carbonyl (C=O) groups is 1. The van der Waals surface area contributed by atoms with Crippen LogP contribution in [0.5, 0.6) is 0 Å². The van der Waals surface area contributed by atoms with Crippen LogP contribution in [0.2, 0.25) is 0 Å². The predicted molar refractivity (Wildman–Crippen MR) is 107 cm³/mol. The number of alkyl halides is 3. The molecule has 10 heteroatoms. The van der Waals surface area contributed by atoms with Crippen molar-refractivity contribution in [1.82, 2.24) is 15.3 Å². The Morgan fingerprint density at radius 2 is 1.76 bits per heavy atom. The molecule has 0 radical (unpaired) electrons. The number of nitrogens with zero attached hydrogens (tertiary/aromatic N) is 2. The Balaban J connectivity index is 2.30. The molecule has 0 fully saturated rings. The third kappa shape index (κ3) is 6.97. The Morgan fingerprint density at radius 1 is 1.10 bits per heavy atom. The number of aliphatic hydroxyl groups is 1. The lowest BCUT2D eigenvalue weighted by atomic mass is 9.97. The third-order valence-corrected chi connectivity index (χ3v) is 4.69. The zero-order valence-corrected chi connectivity index (χ0v) is 17.8. The molecule has 160 valence electrons. The summed E-state index contributed by atoms with van der Waals surface area (Å²) in [5.74, 6) is -0.433. The molecule has 0 aliphatic carbocycles. The van der Waals surface area contributed by atoms with Gasteiger partial charge in [-0.25, -0.2) is 9.97 Å². The van der Waals surface area contributed by atoms with Gasteiger partial charge in [-0.05, 0) is 25.3 Å². The zero-order valence-electron chi connectivity index (χ0n) is 16.9. The van der Waals surface area contributed by atoms with Crippen LogP contribution in [0.3, 0.4) is 0 Å². The first-order valence-corrected chi connectivity index (χ1v) is 9.75.